The van der Waals surface area contributed by atoms with Crippen molar-refractivity contribution in [2.45, 2.75) is 64.2 Å². The highest BCUT2D eigenvalue weighted by molar-refractivity contribution is 6.26. The Hall–Kier alpha value is -4.28. The number of benzene rings is 2. The lowest BCUT2D eigenvalue weighted by Gasteiger charge is -2.27. The zero-order valence-corrected chi connectivity index (χ0v) is 23.3. The average Bonchev–Trinajstić information content (AvgIpc) is 3.28. The number of hydrogen-bond acceptors (Lipinski definition) is 5. The number of nitrogens with one attached hydrogen (secondary N) is 4. The Morgan fingerprint density at radius 2 is 1.81 bits per heavy atom. The number of fused-ring (bicyclic) bond motifs is 3. The van der Waals surface area contributed by atoms with Crippen LogP contribution in [0.25, 0.3) is 10.9 Å². The van der Waals surface area contributed by atoms with Gasteiger partial charge >= 0.3 is 6.18 Å². The molecule has 1 aliphatic rings. The number of H-pyrrole nitrogens is 1. The highest BCUT2D eigenvalue weighted by atomic mass is 19.4. The van der Waals surface area contributed by atoms with Gasteiger partial charge in [-0.25, -0.2) is 0 Å². The monoisotopic (exact) mass is 582 g/mol. The number of aromatic amines is 1. The van der Waals surface area contributed by atoms with E-state index in [4.69, 9.17) is 5.41 Å². The number of carbonyl (C=O) groups excluding carboxylic acids is 4. The van der Waals surface area contributed by atoms with Crippen molar-refractivity contribution in [3.05, 3.63) is 70.9 Å². The van der Waals surface area contributed by atoms with Crippen LogP contribution in [0.15, 0.2) is 48.5 Å². The summed E-state index contributed by atoms with van der Waals surface area (Å²) in [5, 5.41) is 13.7. The van der Waals surface area contributed by atoms with E-state index in [1.807, 2.05) is 24.3 Å². The van der Waals surface area contributed by atoms with Gasteiger partial charge in [0.25, 0.3) is 0 Å². The molecule has 2 amide bonds. The molecule has 3 aromatic rings. The third-order valence-electron chi connectivity index (χ3n) is 7.96. The highest BCUT2D eigenvalue weighted by Crippen LogP contribution is 2.41. The lowest BCUT2D eigenvalue weighted by atomic mass is 9.79. The third-order valence-corrected chi connectivity index (χ3v) is 7.96. The molecule has 1 aliphatic carbocycles. The van der Waals surface area contributed by atoms with Crippen LogP contribution in [0.3, 0.4) is 0 Å². The molecule has 0 aliphatic heterocycles. The number of aromatic nitrogens is 1. The van der Waals surface area contributed by atoms with Crippen LogP contribution in [-0.2, 0) is 38.3 Å². The summed E-state index contributed by atoms with van der Waals surface area (Å²) in [6.07, 6.45) is -3.22. The van der Waals surface area contributed by atoms with Crippen LogP contribution < -0.4 is 10.6 Å². The predicted molar refractivity (Wildman–Crippen MR) is 151 cm³/mol. The summed E-state index contributed by atoms with van der Waals surface area (Å²) >= 11 is 0. The molecule has 42 heavy (non-hydrogen) atoms. The van der Waals surface area contributed by atoms with Crippen LogP contribution in [0, 0.1) is 17.2 Å². The van der Waals surface area contributed by atoms with Crippen LogP contribution in [0.4, 0.5) is 13.2 Å². The second kappa shape index (κ2) is 12.7. The molecule has 2 unspecified atom stereocenters. The predicted octanol–water partition coefficient (Wildman–Crippen LogP) is 4.86. The Balaban J connectivity index is 1.63. The first-order valence-electron chi connectivity index (χ1n) is 13.8. The van der Waals surface area contributed by atoms with E-state index in [2.05, 4.69) is 15.6 Å². The van der Waals surface area contributed by atoms with Gasteiger partial charge in [0.05, 0.1) is 17.8 Å². The summed E-state index contributed by atoms with van der Waals surface area (Å²) in [5.74, 6) is -3.12. The number of Topliss-reactive ketones (excluding diaryl/α,β-unsaturated/α-hetero) is 2. The average molecular weight is 583 g/mol. The van der Waals surface area contributed by atoms with E-state index >= 15 is 0 Å². The number of rotatable bonds is 10. The van der Waals surface area contributed by atoms with Gasteiger partial charge in [-0.2, -0.15) is 13.2 Å². The zero-order chi connectivity index (χ0) is 30.6. The minimum Gasteiger partial charge on any atom is -0.358 e. The van der Waals surface area contributed by atoms with Gasteiger partial charge < -0.3 is 21.0 Å². The van der Waals surface area contributed by atoms with Crippen LogP contribution in [-0.4, -0.2) is 40.6 Å². The normalized spacial score (nSPS) is 19.5. The van der Waals surface area contributed by atoms with Gasteiger partial charge in [0.15, 0.2) is 11.6 Å². The molecule has 1 aromatic heterocycles. The van der Waals surface area contributed by atoms with E-state index in [1.165, 1.54) is 19.1 Å². The smallest absolute Gasteiger partial charge is 0.358 e. The van der Waals surface area contributed by atoms with Crippen molar-refractivity contribution in [2.24, 2.45) is 11.8 Å². The summed E-state index contributed by atoms with van der Waals surface area (Å²) < 4.78 is 38.8. The topological polar surface area (TPSA) is 132 Å². The van der Waals surface area contributed by atoms with E-state index in [9.17, 15) is 32.3 Å². The summed E-state index contributed by atoms with van der Waals surface area (Å²) in [6, 6.07) is 11.4. The van der Waals surface area contributed by atoms with Crippen LogP contribution >= 0.6 is 0 Å². The molecule has 8 nitrogen and oxygen atoms in total. The Labute approximate surface area is 241 Å². The van der Waals surface area contributed by atoms with E-state index in [1.54, 1.807) is 6.92 Å². The molecule has 0 saturated heterocycles. The van der Waals surface area contributed by atoms with Gasteiger partial charge in [0.1, 0.15) is 0 Å². The number of para-hydroxylation sites is 1. The Bertz CT molecular complexity index is 1500. The molecule has 0 saturated carbocycles. The number of alkyl halides is 3. The number of amides is 2. The largest absolute Gasteiger partial charge is 0.416 e. The highest BCUT2D eigenvalue weighted by Gasteiger charge is 2.40. The molecule has 0 spiro atoms. The maximum atomic E-state index is 13.6. The van der Waals surface area contributed by atoms with Gasteiger partial charge in [-0.05, 0) is 42.2 Å². The standard InChI is InChI=1S/C31H33F3N4O4/c1-17-24(28-25(14-27(29(17)41)37-18(2)39)23-5-3-4-6-26(23)38-28)13-20(9-12-22(40)15-35)30(42)36-16-19-7-10-21(11-8-19)31(32,33)34/h3-8,10-11,15,17,20,24,27,35,38H,9,12-14,16H2,1-2H3,(H,36,42)(H,37,39)/t17?,20-,24?,27+/m1/s1. The Kier molecular flexibility index (Phi) is 9.28. The maximum absolute atomic E-state index is 13.6. The molecule has 11 heteroatoms. The second-order valence-corrected chi connectivity index (χ2v) is 10.8. The van der Waals surface area contributed by atoms with Crippen molar-refractivity contribution in [2.75, 3.05) is 0 Å². The van der Waals surface area contributed by atoms with E-state index in [0.717, 1.165) is 34.3 Å². The van der Waals surface area contributed by atoms with Crippen molar-refractivity contribution in [1.29, 1.82) is 5.41 Å². The van der Waals surface area contributed by atoms with Crippen LogP contribution in [0.2, 0.25) is 0 Å². The van der Waals surface area contributed by atoms with Gasteiger partial charge in [-0.3, -0.25) is 19.2 Å². The van der Waals surface area contributed by atoms with Gasteiger partial charge in [-0.15, -0.1) is 0 Å². The zero-order valence-electron chi connectivity index (χ0n) is 23.3. The molecule has 4 rings (SSSR count). The molecule has 4 N–H and O–H groups in total. The molecule has 0 bridgehead atoms. The summed E-state index contributed by atoms with van der Waals surface area (Å²) in [6.45, 7) is 3.10. The molecule has 4 atom stereocenters. The quantitative estimate of drug-likeness (QED) is 0.201. The number of halogens is 3. The molecular weight excluding hydrogens is 549 g/mol. The SMILES string of the molecule is CC(=O)N[C@H]1Cc2c([nH]c3ccccc23)C(C[C@@H](CCC(=O)C=N)C(=O)NCc2ccc(C(F)(F)F)cc2)C(C)C1=O. The van der Waals surface area contributed by atoms with E-state index < -0.39 is 47.2 Å². The van der Waals surface area contributed by atoms with Crippen molar-refractivity contribution >= 4 is 40.5 Å². The fourth-order valence-corrected chi connectivity index (χ4v) is 5.71. The molecule has 0 fully saturated rings. The molecular formula is C31H33F3N4O4. The van der Waals surface area contributed by atoms with Crippen molar-refractivity contribution in [1.82, 2.24) is 15.6 Å². The second-order valence-electron chi connectivity index (χ2n) is 10.8. The third kappa shape index (κ3) is 6.95. The number of ketones is 2. The van der Waals surface area contributed by atoms with Crippen molar-refractivity contribution < 1.29 is 32.3 Å². The fraction of sp³-hybridized carbons (Fsp3) is 0.387. The van der Waals surface area contributed by atoms with Crippen molar-refractivity contribution in [3.8, 4) is 0 Å². The van der Waals surface area contributed by atoms with E-state index in [0.29, 0.717) is 11.8 Å². The van der Waals surface area contributed by atoms with E-state index in [-0.39, 0.29) is 43.9 Å². The lowest BCUT2D eigenvalue weighted by molar-refractivity contribution is -0.137. The minimum atomic E-state index is -4.47. The minimum absolute atomic E-state index is 0.0205. The molecule has 222 valence electrons. The molecule has 0 radical (unpaired) electrons. The fourth-order valence-electron chi connectivity index (χ4n) is 5.71. The maximum Gasteiger partial charge on any atom is 0.416 e. The summed E-state index contributed by atoms with van der Waals surface area (Å²) in [4.78, 5) is 54.4. The summed E-state index contributed by atoms with van der Waals surface area (Å²) in [5.41, 5.74) is 2.22. The van der Waals surface area contributed by atoms with Crippen LogP contribution in [0.5, 0.6) is 0 Å². The van der Waals surface area contributed by atoms with Gasteiger partial charge in [0.2, 0.25) is 11.8 Å². The van der Waals surface area contributed by atoms with Gasteiger partial charge in [-0.1, -0.05) is 37.3 Å². The van der Waals surface area contributed by atoms with Crippen LogP contribution in [0.1, 0.15) is 61.4 Å². The first-order chi connectivity index (χ1) is 19.9. The Morgan fingerprint density at radius 1 is 1.12 bits per heavy atom. The van der Waals surface area contributed by atoms with Crippen molar-refractivity contribution in [3.63, 3.8) is 0 Å². The number of carbonyl (C=O) groups is 4. The Morgan fingerprint density at radius 3 is 2.45 bits per heavy atom. The van der Waals surface area contributed by atoms with Gasteiger partial charge in [0, 0.05) is 60.7 Å². The first kappa shape index (κ1) is 30.7. The lowest BCUT2D eigenvalue weighted by Crippen LogP contribution is -2.43. The summed E-state index contributed by atoms with van der Waals surface area (Å²) in [7, 11) is 0. The number of hydrogen-bond donors (Lipinski definition) is 4. The molecule has 2 aromatic carbocycles. The molecule has 1 heterocycles. The first-order valence-corrected chi connectivity index (χ1v) is 13.8.